The fourth-order valence-electron chi connectivity index (χ4n) is 2.32. The van der Waals surface area contributed by atoms with E-state index in [4.69, 9.17) is 0 Å². The molecular weight excluding hydrogens is 353 g/mol. The van der Waals surface area contributed by atoms with E-state index in [0.29, 0.717) is 16.8 Å². The van der Waals surface area contributed by atoms with E-state index in [1.54, 1.807) is 6.92 Å². The molecule has 0 spiro atoms. The quantitative estimate of drug-likeness (QED) is 0.813. The molecule has 1 aliphatic carbocycles. The lowest BCUT2D eigenvalue weighted by Gasteiger charge is -2.12. The maximum atomic E-state index is 12.5. The number of hydrogen-bond acceptors (Lipinski definition) is 4. The number of hydrogen-bond donors (Lipinski definition) is 1. The smallest absolute Gasteiger partial charge is 0.325 e. The molecule has 0 aliphatic heterocycles. The van der Waals surface area contributed by atoms with Crippen LogP contribution in [0.3, 0.4) is 0 Å². The number of aromatic nitrogens is 3. The van der Waals surface area contributed by atoms with Gasteiger partial charge in [-0.25, -0.2) is 0 Å². The van der Waals surface area contributed by atoms with Crippen LogP contribution in [-0.2, 0) is 18.0 Å². The van der Waals surface area contributed by atoms with Crippen molar-refractivity contribution in [2.24, 2.45) is 7.05 Å². The number of thioether (sulfide) groups is 1. The number of nitrogens with zero attached hydrogens (tertiary/aromatic N) is 3. The molecule has 5 nitrogen and oxygen atoms in total. The van der Waals surface area contributed by atoms with E-state index in [9.17, 15) is 18.0 Å². The fourth-order valence-corrected chi connectivity index (χ4v) is 3.15. The van der Waals surface area contributed by atoms with Gasteiger partial charge >= 0.3 is 6.18 Å². The van der Waals surface area contributed by atoms with Crippen molar-refractivity contribution in [2.75, 3.05) is 5.32 Å². The van der Waals surface area contributed by atoms with E-state index in [0.717, 1.165) is 30.8 Å². The van der Waals surface area contributed by atoms with Crippen LogP contribution in [-0.4, -0.2) is 25.9 Å². The van der Waals surface area contributed by atoms with Gasteiger partial charge in [-0.1, -0.05) is 11.8 Å². The van der Waals surface area contributed by atoms with Crippen LogP contribution in [0, 0.1) is 0 Å². The van der Waals surface area contributed by atoms with Crippen LogP contribution in [0.4, 0.5) is 18.9 Å². The predicted octanol–water partition coefficient (Wildman–Crippen LogP) is 3.83. The molecule has 2 aromatic rings. The summed E-state index contributed by atoms with van der Waals surface area (Å²) >= 11 is 1.27. The molecule has 1 amide bonds. The van der Waals surface area contributed by atoms with E-state index in [1.165, 1.54) is 23.9 Å². The highest BCUT2D eigenvalue weighted by atomic mass is 32.2. The van der Waals surface area contributed by atoms with Crippen molar-refractivity contribution in [1.82, 2.24) is 14.8 Å². The van der Waals surface area contributed by atoms with Gasteiger partial charge in [-0.05, 0) is 44.0 Å². The van der Waals surface area contributed by atoms with Gasteiger partial charge in [0.25, 0.3) is 0 Å². The summed E-state index contributed by atoms with van der Waals surface area (Å²) in [6.07, 6.45) is -2.17. The van der Waals surface area contributed by atoms with Crippen LogP contribution in [0.1, 0.15) is 37.1 Å². The van der Waals surface area contributed by atoms with Crippen molar-refractivity contribution in [1.29, 1.82) is 0 Å². The van der Waals surface area contributed by atoms with Gasteiger partial charge in [0.05, 0.1) is 10.8 Å². The van der Waals surface area contributed by atoms with Gasteiger partial charge in [-0.3, -0.25) is 4.79 Å². The molecule has 1 N–H and O–H groups in total. The van der Waals surface area contributed by atoms with Gasteiger partial charge in [0.15, 0.2) is 5.16 Å². The Kier molecular flexibility index (Phi) is 4.77. The Hall–Kier alpha value is -2.03. The standard InChI is InChI=1S/C16H17F3N4OS/c1-9(25-15-22-21-13(23(15)2)10-3-4-10)14(24)20-12-7-5-11(6-8-12)16(17,18)19/h5-10H,3-4H2,1-2H3,(H,20,24)/t9-/m1/s1. The van der Waals surface area contributed by atoms with Crippen molar-refractivity contribution in [3.63, 3.8) is 0 Å². The van der Waals surface area contributed by atoms with Crippen molar-refractivity contribution in [3.05, 3.63) is 35.7 Å². The molecule has 1 atom stereocenters. The first kappa shape index (κ1) is 17.8. The van der Waals surface area contributed by atoms with Gasteiger partial charge in [0, 0.05) is 18.7 Å². The number of carbonyl (C=O) groups is 1. The Morgan fingerprint density at radius 2 is 1.92 bits per heavy atom. The van der Waals surface area contributed by atoms with Crippen LogP contribution < -0.4 is 5.32 Å². The minimum Gasteiger partial charge on any atom is -0.325 e. The molecule has 1 aromatic heterocycles. The van der Waals surface area contributed by atoms with Crippen molar-refractivity contribution < 1.29 is 18.0 Å². The van der Waals surface area contributed by atoms with Gasteiger partial charge in [0.2, 0.25) is 5.91 Å². The van der Waals surface area contributed by atoms with E-state index >= 15 is 0 Å². The molecule has 0 saturated heterocycles. The lowest BCUT2D eigenvalue weighted by molar-refractivity contribution is -0.137. The third kappa shape index (κ3) is 4.15. The lowest BCUT2D eigenvalue weighted by atomic mass is 10.2. The molecule has 0 unspecified atom stereocenters. The molecule has 1 aliphatic rings. The first-order chi connectivity index (χ1) is 11.8. The number of anilines is 1. The third-order valence-electron chi connectivity index (χ3n) is 3.94. The average molecular weight is 370 g/mol. The third-order valence-corrected chi connectivity index (χ3v) is 5.08. The Labute approximate surface area is 147 Å². The summed E-state index contributed by atoms with van der Waals surface area (Å²) in [5, 5.41) is 11.1. The summed E-state index contributed by atoms with van der Waals surface area (Å²) in [6.45, 7) is 1.72. The fraction of sp³-hybridized carbons (Fsp3) is 0.438. The normalized spacial score (nSPS) is 15.9. The van der Waals surface area contributed by atoms with Gasteiger partial charge < -0.3 is 9.88 Å². The topological polar surface area (TPSA) is 59.8 Å². The van der Waals surface area contributed by atoms with Gasteiger partial charge in [-0.15, -0.1) is 10.2 Å². The van der Waals surface area contributed by atoms with Crippen LogP contribution >= 0.6 is 11.8 Å². The average Bonchev–Trinajstić information content (AvgIpc) is 3.32. The summed E-state index contributed by atoms with van der Waals surface area (Å²) < 4.78 is 39.5. The minimum atomic E-state index is -4.39. The van der Waals surface area contributed by atoms with E-state index in [1.807, 2.05) is 11.6 Å². The summed E-state index contributed by atoms with van der Waals surface area (Å²) in [7, 11) is 1.87. The molecule has 25 heavy (non-hydrogen) atoms. The van der Waals surface area contributed by atoms with Crippen molar-refractivity contribution in [3.8, 4) is 0 Å². The molecule has 3 rings (SSSR count). The predicted molar refractivity (Wildman–Crippen MR) is 88.4 cm³/mol. The number of benzene rings is 1. The second-order valence-corrected chi connectivity index (χ2v) is 7.31. The zero-order valence-electron chi connectivity index (χ0n) is 13.7. The first-order valence-electron chi connectivity index (χ1n) is 7.80. The van der Waals surface area contributed by atoms with E-state index < -0.39 is 17.0 Å². The number of rotatable bonds is 5. The van der Waals surface area contributed by atoms with E-state index in [-0.39, 0.29) is 5.91 Å². The van der Waals surface area contributed by atoms with Crippen LogP contribution in [0.2, 0.25) is 0 Å². The second-order valence-electron chi connectivity index (χ2n) is 6.00. The van der Waals surface area contributed by atoms with Crippen LogP contribution in [0.15, 0.2) is 29.4 Å². The molecule has 134 valence electrons. The minimum absolute atomic E-state index is 0.305. The maximum Gasteiger partial charge on any atom is 0.416 e. The van der Waals surface area contributed by atoms with Gasteiger partial charge in [0.1, 0.15) is 5.82 Å². The molecule has 1 saturated carbocycles. The molecule has 0 radical (unpaired) electrons. The Morgan fingerprint density at radius 3 is 2.48 bits per heavy atom. The molecule has 1 fully saturated rings. The van der Waals surface area contributed by atoms with Crippen molar-refractivity contribution in [2.45, 2.75) is 42.3 Å². The zero-order valence-corrected chi connectivity index (χ0v) is 14.5. The number of nitrogens with one attached hydrogen (secondary N) is 1. The van der Waals surface area contributed by atoms with Crippen LogP contribution in [0.25, 0.3) is 0 Å². The monoisotopic (exact) mass is 370 g/mol. The SMILES string of the molecule is C[C@@H](Sc1nnc(C2CC2)n1C)C(=O)Nc1ccc(C(F)(F)F)cc1. The summed E-state index contributed by atoms with van der Waals surface area (Å²) in [5.74, 6) is 1.08. The highest BCUT2D eigenvalue weighted by molar-refractivity contribution is 8.00. The molecular formula is C16H17F3N4OS. The Bertz CT molecular complexity index is 769. The van der Waals surface area contributed by atoms with Crippen LogP contribution in [0.5, 0.6) is 0 Å². The lowest BCUT2D eigenvalue weighted by Crippen LogP contribution is -2.23. The zero-order chi connectivity index (χ0) is 18.2. The molecule has 1 heterocycles. The second kappa shape index (κ2) is 6.70. The maximum absolute atomic E-state index is 12.5. The number of alkyl halides is 3. The highest BCUT2D eigenvalue weighted by Gasteiger charge is 2.31. The Morgan fingerprint density at radius 1 is 1.28 bits per heavy atom. The molecule has 9 heteroatoms. The summed E-state index contributed by atoms with van der Waals surface area (Å²) in [6, 6.07) is 4.37. The largest absolute Gasteiger partial charge is 0.416 e. The van der Waals surface area contributed by atoms with Gasteiger partial charge in [-0.2, -0.15) is 13.2 Å². The number of carbonyl (C=O) groups excluding carboxylic acids is 1. The first-order valence-corrected chi connectivity index (χ1v) is 8.67. The summed E-state index contributed by atoms with van der Waals surface area (Å²) in [4.78, 5) is 12.3. The molecule has 0 bridgehead atoms. The highest BCUT2D eigenvalue weighted by Crippen LogP contribution is 2.39. The Balaban J connectivity index is 1.61. The summed E-state index contributed by atoms with van der Waals surface area (Å²) in [5.41, 5.74) is -0.429. The number of amides is 1. The number of halogens is 3. The van der Waals surface area contributed by atoms with Crippen molar-refractivity contribution >= 4 is 23.4 Å². The van der Waals surface area contributed by atoms with E-state index in [2.05, 4.69) is 15.5 Å². The molecule has 1 aromatic carbocycles.